The molecule has 0 aromatic heterocycles. The standard InChI is InChI=1S/C8H15N3O2/c1-11-4-2-3-6(11)7(12)5-8(13)10-9/h6H,2-5,9H2,1H3,(H,10,13)/t6-/m0/s1. The average molecular weight is 185 g/mol. The summed E-state index contributed by atoms with van der Waals surface area (Å²) in [6.45, 7) is 0.931. The van der Waals surface area contributed by atoms with Crippen molar-refractivity contribution in [1.29, 1.82) is 0 Å². The number of nitrogens with zero attached hydrogens (tertiary/aromatic N) is 1. The van der Waals surface area contributed by atoms with E-state index in [1.54, 1.807) is 0 Å². The van der Waals surface area contributed by atoms with Gasteiger partial charge in [-0.15, -0.1) is 0 Å². The van der Waals surface area contributed by atoms with E-state index in [9.17, 15) is 9.59 Å². The van der Waals surface area contributed by atoms with Crippen molar-refractivity contribution in [2.75, 3.05) is 13.6 Å². The Kier molecular flexibility index (Phi) is 3.39. The molecule has 0 unspecified atom stereocenters. The molecule has 1 saturated heterocycles. The lowest BCUT2D eigenvalue weighted by molar-refractivity contribution is -0.130. The predicted octanol–water partition coefficient (Wildman–Crippen LogP) is -0.970. The largest absolute Gasteiger partial charge is 0.297 e. The highest BCUT2D eigenvalue weighted by Crippen LogP contribution is 2.16. The molecular formula is C8H15N3O2. The molecule has 1 atom stereocenters. The molecule has 1 heterocycles. The lowest BCUT2D eigenvalue weighted by atomic mass is 10.1. The quantitative estimate of drug-likeness (QED) is 0.257. The molecule has 0 aromatic rings. The number of ketones is 1. The van der Waals surface area contributed by atoms with Crippen molar-refractivity contribution in [2.24, 2.45) is 5.84 Å². The lowest BCUT2D eigenvalue weighted by Gasteiger charge is -2.17. The number of nitrogens with two attached hydrogens (primary N) is 1. The van der Waals surface area contributed by atoms with Crippen molar-refractivity contribution in [3.63, 3.8) is 0 Å². The molecule has 1 amide bonds. The molecule has 0 bridgehead atoms. The zero-order valence-electron chi connectivity index (χ0n) is 7.75. The molecule has 1 aliphatic rings. The Morgan fingerprint density at radius 3 is 2.77 bits per heavy atom. The summed E-state index contributed by atoms with van der Waals surface area (Å²) < 4.78 is 0. The highest BCUT2D eigenvalue weighted by Gasteiger charge is 2.28. The molecule has 0 aliphatic carbocycles. The lowest BCUT2D eigenvalue weighted by Crippen LogP contribution is -2.38. The molecule has 5 heteroatoms. The van der Waals surface area contributed by atoms with Crippen LogP contribution in [0.5, 0.6) is 0 Å². The highest BCUT2D eigenvalue weighted by molar-refractivity contribution is 6.00. The molecule has 1 aliphatic heterocycles. The predicted molar refractivity (Wildman–Crippen MR) is 47.6 cm³/mol. The van der Waals surface area contributed by atoms with Gasteiger partial charge >= 0.3 is 0 Å². The van der Waals surface area contributed by atoms with Gasteiger partial charge in [0.25, 0.3) is 0 Å². The van der Waals surface area contributed by atoms with Crippen LogP contribution in [0.25, 0.3) is 0 Å². The third kappa shape index (κ3) is 2.50. The van der Waals surface area contributed by atoms with E-state index in [2.05, 4.69) is 0 Å². The number of amides is 1. The minimum Gasteiger partial charge on any atom is -0.297 e. The van der Waals surface area contributed by atoms with E-state index < -0.39 is 5.91 Å². The van der Waals surface area contributed by atoms with Crippen LogP contribution in [0.3, 0.4) is 0 Å². The van der Waals surface area contributed by atoms with Crippen molar-refractivity contribution in [1.82, 2.24) is 10.3 Å². The minimum absolute atomic E-state index is 0.0389. The van der Waals surface area contributed by atoms with E-state index in [0.29, 0.717) is 0 Å². The maximum Gasteiger partial charge on any atom is 0.241 e. The zero-order valence-corrected chi connectivity index (χ0v) is 7.75. The Morgan fingerprint density at radius 2 is 2.31 bits per heavy atom. The van der Waals surface area contributed by atoms with E-state index >= 15 is 0 Å². The number of Topliss-reactive ketones (excluding diaryl/α,β-unsaturated/α-hetero) is 1. The SMILES string of the molecule is CN1CCC[C@H]1C(=O)CC(=O)NN. The fraction of sp³-hybridized carbons (Fsp3) is 0.750. The Hall–Kier alpha value is -0.940. The third-order valence-electron chi connectivity index (χ3n) is 2.39. The van der Waals surface area contributed by atoms with Gasteiger partial charge in [-0.2, -0.15) is 0 Å². The Morgan fingerprint density at radius 1 is 1.62 bits per heavy atom. The van der Waals surface area contributed by atoms with Crippen molar-refractivity contribution in [3.8, 4) is 0 Å². The van der Waals surface area contributed by atoms with Crippen LogP contribution in [0.15, 0.2) is 0 Å². The minimum atomic E-state index is -0.412. The fourth-order valence-corrected chi connectivity index (χ4v) is 1.64. The van der Waals surface area contributed by atoms with E-state index in [-0.39, 0.29) is 18.2 Å². The van der Waals surface area contributed by atoms with Crippen LogP contribution in [0.1, 0.15) is 19.3 Å². The zero-order chi connectivity index (χ0) is 9.84. The van der Waals surface area contributed by atoms with Gasteiger partial charge in [-0.25, -0.2) is 5.84 Å². The second-order valence-electron chi connectivity index (χ2n) is 3.35. The summed E-state index contributed by atoms with van der Waals surface area (Å²) in [4.78, 5) is 24.3. The number of likely N-dealkylation sites (tertiary alicyclic amines) is 1. The van der Waals surface area contributed by atoms with Gasteiger partial charge in [-0.1, -0.05) is 0 Å². The Labute approximate surface area is 77.2 Å². The van der Waals surface area contributed by atoms with Gasteiger partial charge in [0.2, 0.25) is 5.91 Å². The van der Waals surface area contributed by atoms with Gasteiger partial charge in [0, 0.05) is 0 Å². The number of carbonyl (C=O) groups excluding carboxylic acids is 2. The average Bonchev–Trinajstić information content (AvgIpc) is 2.51. The molecule has 1 rings (SSSR count). The molecule has 1 fully saturated rings. The molecule has 5 nitrogen and oxygen atoms in total. The Balaban J connectivity index is 2.43. The fourth-order valence-electron chi connectivity index (χ4n) is 1.64. The van der Waals surface area contributed by atoms with Crippen LogP contribution in [0, 0.1) is 0 Å². The first kappa shape index (κ1) is 10.1. The second kappa shape index (κ2) is 4.34. The summed E-state index contributed by atoms with van der Waals surface area (Å²) in [5.41, 5.74) is 1.96. The van der Waals surface area contributed by atoms with Crippen LogP contribution < -0.4 is 11.3 Å². The van der Waals surface area contributed by atoms with Crippen molar-refractivity contribution in [2.45, 2.75) is 25.3 Å². The summed E-state index contributed by atoms with van der Waals surface area (Å²) >= 11 is 0. The van der Waals surface area contributed by atoms with Gasteiger partial charge in [0.1, 0.15) is 0 Å². The highest BCUT2D eigenvalue weighted by atomic mass is 16.2. The first-order valence-corrected chi connectivity index (χ1v) is 4.37. The maximum absolute atomic E-state index is 11.5. The van der Waals surface area contributed by atoms with Gasteiger partial charge in [-0.3, -0.25) is 19.9 Å². The van der Waals surface area contributed by atoms with Gasteiger partial charge in [0.15, 0.2) is 5.78 Å². The van der Waals surface area contributed by atoms with E-state index in [0.717, 1.165) is 19.4 Å². The monoisotopic (exact) mass is 185 g/mol. The summed E-state index contributed by atoms with van der Waals surface area (Å²) in [6.07, 6.45) is 1.77. The number of rotatable bonds is 3. The topological polar surface area (TPSA) is 75.4 Å². The number of hydrazine groups is 1. The summed E-state index contributed by atoms with van der Waals surface area (Å²) in [7, 11) is 1.90. The summed E-state index contributed by atoms with van der Waals surface area (Å²) in [5.74, 6) is 4.44. The third-order valence-corrected chi connectivity index (χ3v) is 2.39. The van der Waals surface area contributed by atoms with Crippen LogP contribution in [0.2, 0.25) is 0 Å². The first-order valence-electron chi connectivity index (χ1n) is 4.37. The van der Waals surface area contributed by atoms with Gasteiger partial charge < -0.3 is 0 Å². The maximum atomic E-state index is 11.5. The van der Waals surface area contributed by atoms with Crippen LogP contribution >= 0.6 is 0 Å². The van der Waals surface area contributed by atoms with Gasteiger partial charge in [-0.05, 0) is 26.4 Å². The molecular weight excluding hydrogens is 170 g/mol. The number of nitrogens with one attached hydrogen (secondary N) is 1. The summed E-state index contributed by atoms with van der Waals surface area (Å²) in [6, 6.07) is -0.0858. The van der Waals surface area contributed by atoms with Crippen molar-refractivity contribution < 1.29 is 9.59 Å². The molecule has 74 valence electrons. The molecule has 0 saturated carbocycles. The number of carbonyl (C=O) groups is 2. The van der Waals surface area contributed by atoms with E-state index in [4.69, 9.17) is 5.84 Å². The van der Waals surface area contributed by atoms with E-state index in [1.165, 1.54) is 0 Å². The molecule has 13 heavy (non-hydrogen) atoms. The molecule has 0 spiro atoms. The number of hydrogen-bond donors (Lipinski definition) is 2. The second-order valence-corrected chi connectivity index (χ2v) is 3.35. The molecule has 3 N–H and O–H groups in total. The molecule has 0 radical (unpaired) electrons. The first-order chi connectivity index (χ1) is 6.15. The van der Waals surface area contributed by atoms with Crippen LogP contribution in [0.4, 0.5) is 0 Å². The van der Waals surface area contributed by atoms with E-state index in [1.807, 2.05) is 17.4 Å². The van der Waals surface area contributed by atoms with Crippen LogP contribution in [-0.4, -0.2) is 36.2 Å². The summed E-state index contributed by atoms with van der Waals surface area (Å²) in [5, 5.41) is 0. The van der Waals surface area contributed by atoms with Crippen molar-refractivity contribution in [3.05, 3.63) is 0 Å². The normalized spacial score (nSPS) is 23.1. The smallest absolute Gasteiger partial charge is 0.241 e. The Bertz CT molecular complexity index is 217. The van der Waals surface area contributed by atoms with Gasteiger partial charge in [0.05, 0.1) is 12.5 Å². The van der Waals surface area contributed by atoms with Crippen LogP contribution in [-0.2, 0) is 9.59 Å². The van der Waals surface area contributed by atoms with Crippen molar-refractivity contribution >= 4 is 11.7 Å². The number of likely N-dealkylation sites (N-methyl/N-ethyl adjacent to an activating group) is 1. The number of hydrogen-bond acceptors (Lipinski definition) is 4. The molecule has 0 aromatic carbocycles.